The van der Waals surface area contributed by atoms with E-state index in [1.807, 2.05) is 70.2 Å². The second kappa shape index (κ2) is 45.6. The van der Waals surface area contributed by atoms with Crippen LogP contribution in [0.5, 0.6) is 0 Å². The minimum Gasteiger partial charge on any atom is -0.460 e. The molecule has 9 rings (SSSR count). The van der Waals surface area contributed by atoms with E-state index in [0.717, 1.165) is 30.4 Å². The minimum atomic E-state index is -2.47. The van der Waals surface area contributed by atoms with Gasteiger partial charge in [-0.05, 0) is 138 Å². The average Bonchev–Trinajstić information content (AvgIpc) is 0.885. The highest BCUT2D eigenvalue weighted by molar-refractivity contribution is 6.39. The molecule has 1 saturated carbocycles. The number of hydrogen-bond donors (Lipinski definition) is 5. The van der Waals surface area contributed by atoms with Gasteiger partial charge in [0, 0.05) is 83.5 Å². The van der Waals surface area contributed by atoms with Gasteiger partial charge in [0.15, 0.2) is 17.0 Å². The van der Waals surface area contributed by atoms with Crippen LogP contribution >= 0.6 is 0 Å². The number of allylic oxidation sites excluding steroid dienone is 6. The van der Waals surface area contributed by atoms with Crippen LogP contribution in [0.2, 0.25) is 0 Å². The van der Waals surface area contributed by atoms with Crippen LogP contribution in [0, 0.1) is 35.5 Å². The molecule has 32 nitrogen and oxygen atoms in total. The lowest BCUT2D eigenvalue weighted by atomic mass is 9.78. The van der Waals surface area contributed by atoms with Crippen LogP contribution in [0.15, 0.2) is 82.7 Å². The number of amides is 2. The first-order valence-corrected chi connectivity index (χ1v) is 40.7. The highest BCUT2D eigenvalue weighted by Gasteiger charge is 2.53. The van der Waals surface area contributed by atoms with Gasteiger partial charge in [0.2, 0.25) is 11.7 Å². The lowest BCUT2D eigenvalue weighted by Crippen LogP contribution is -2.61. The molecule has 2 bridgehead atoms. The molecule has 15 atom stereocenters. The van der Waals surface area contributed by atoms with Crippen molar-refractivity contribution >= 4 is 69.1 Å². The molecule has 1 aliphatic carbocycles. The van der Waals surface area contributed by atoms with Crippen LogP contribution in [0.25, 0.3) is 33.4 Å². The third-order valence-electron chi connectivity index (χ3n) is 22.3. The van der Waals surface area contributed by atoms with Crippen LogP contribution in [-0.2, 0) is 101 Å². The van der Waals surface area contributed by atoms with Crippen LogP contribution in [0.1, 0.15) is 150 Å². The Bertz CT molecular complexity index is 4080. The molecule has 1 aromatic carbocycles. The summed E-state index contributed by atoms with van der Waals surface area (Å²) in [6.45, 7) is 18.0. The van der Waals surface area contributed by atoms with E-state index in [-0.39, 0.29) is 92.5 Å². The summed E-state index contributed by atoms with van der Waals surface area (Å²) in [6, 6.07) is 4.38. The second-order valence-electron chi connectivity index (χ2n) is 31.0. The third kappa shape index (κ3) is 26.2. The zero-order valence-corrected chi connectivity index (χ0v) is 68.6. The Balaban J connectivity index is 0.660. The number of ether oxygens (including phenoxy) is 11. The van der Waals surface area contributed by atoms with Gasteiger partial charge in [0.1, 0.15) is 59.2 Å². The van der Waals surface area contributed by atoms with Crippen molar-refractivity contribution in [3.63, 3.8) is 0 Å². The van der Waals surface area contributed by atoms with Crippen molar-refractivity contribution in [3.05, 3.63) is 84.0 Å². The Labute approximate surface area is 673 Å². The molecule has 0 unspecified atom stereocenters. The lowest BCUT2D eigenvalue weighted by molar-refractivity contribution is -0.265. The second-order valence-corrected chi connectivity index (χ2v) is 31.0. The first-order valence-electron chi connectivity index (χ1n) is 40.7. The van der Waals surface area contributed by atoms with Gasteiger partial charge in [-0.2, -0.15) is 10.1 Å². The Morgan fingerprint density at radius 2 is 1.54 bits per heavy atom. The van der Waals surface area contributed by atoms with Crippen LogP contribution in [0.3, 0.4) is 0 Å². The molecule has 5 aromatic rings. The summed E-state index contributed by atoms with van der Waals surface area (Å²) in [5.41, 5.74) is 17.1. The lowest BCUT2D eigenvalue weighted by Gasteiger charge is -2.42. The average molecular weight is 1610 g/mol. The smallest absolute Gasteiger partial charge is 0.329 e. The number of aromatic nitrogens is 8. The van der Waals surface area contributed by atoms with Crippen LogP contribution in [-0.4, -0.2) is 245 Å². The van der Waals surface area contributed by atoms with Gasteiger partial charge < -0.3 is 88.4 Å². The molecule has 7 N–H and O–H groups in total. The van der Waals surface area contributed by atoms with Crippen molar-refractivity contribution in [1.82, 2.24) is 49.9 Å². The summed E-state index contributed by atoms with van der Waals surface area (Å²) >= 11 is 0. The highest BCUT2D eigenvalue weighted by atomic mass is 16.6. The summed E-state index contributed by atoms with van der Waals surface area (Å²) in [6.07, 6.45) is 16.3. The standard InChI is InChI=1S/C83H122N12O20/c1-52-18-12-11-13-19-53(2)68(104-8)47-62-24-21-58(7)83(103,115-62)77(100)80(101)94-29-16-14-20-64(94)81(102)113-69(48-65(96)54(3)43-57(6)75(99)76(106-10)74(98)56(5)42-52)55(4)44-59-22-25-67(70(45-59)105-9)112-41-40-111-50-61-49-93(92-90-61)31-33-108-35-37-110-39-38-109-36-34-107-32-27-71(97)86-28-15-17-30-95-79-72(78(84)87-51-88-79)73(91-95)60-23-26-66-63(46-60)89-82(85)114-66/h11-13,18-19,23,26,43,46,49,51-52,54-56,58-59,62,64,67-70,75-76,99,103H,14-17,20-22,24-25,27-42,44-45,47-48,50H2,1-10H3,(H2,85,89)(H,86,97)(H2,84,87,88)/b13-11?,18-12+,53-19?,57-43+/t52-,54-,55-,56-,58-,59+,62+,64+,67-,68+,69+,70-,75-,76+,83-/m1/s1. The van der Waals surface area contributed by atoms with Crippen molar-refractivity contribution in [3.8, 4) is 11.3 Å². The highest BCUT2D eigenvalue weighted by Crippen LogP contribution is 2.39. The van der Waals surface area contributed by atoms with E-state index in [2.05, 4.69) is 30.6 Å². The predicted octanol–water partition coefficient (Wildman–Crippen LogP) is 8.18. The fourth-order valence-corrected chi connectivity index (χ4v) is 15.5. The maximum atomic E-state index is 14.8. The molecule has 115 heavy (non-hydrogen) atoms. The monoisotopic (exact) mass is 1610 g/mol. The molecule has 0 radical (unpaired) electrons. The summed E-state index contributed by atoms with van der Waals surface area (Å²) in [5, 5.41) is 40.7. The molecular weight excluding hydrogens is 1480 g/mol. The van der Waals surface area contributed by atoms with E-state index < -0.39 is 77.8 Å². The van der Waals surface area contributed by atoms with Crippen LogP contribution in [0.4, 0.5) is 11.8 Å². The number of fused-ring (bicyclic) bond motifs is 5. The van der Waals surface area contributed by atoms with Gasteiger partial charge in [0.25, 0.3) is 17.7 Å². The first kappa shape index (κ1) is 90.8. The number of methoxy groups -OCH3 is 3. The van der Waals surface area contributed by atoms with E-state index in [0.29, 0.717) is 182 Å². The van der Waals surface area contributed by atoms with E-state index >= 15 is 0 Å². The number of piperidine rings is 1. The molecule has 0 spiro atoms. The largest absolute Gasteiger partial charge is 0.460 e. The number of anilines is 2. The number of aliphatic hydroxyl groups excluding tert-OH is 1. The summed E-state index contributed by atoms with van der Waals surface area (Å²) in [4.78, 5) is 98.7. The number of nitrogen functional groups attached to an aromatic ring is 2. The number of Topliss-reactive ketones (excluding diaryl/α,β-unsaturated/α-hetero) is 3. The van der Waals surface area contributed by atoms with Gasteiger partial charge in [0.05, 0.1) is 115 Å². The van der Waals surface area contributed by atoms with Crippen molar-refractivity contribution in [2.45, 2.75) is 219 Å². The Hall–Kier alpha value is -8.12. The summed E-state index contributed by atoms with van der Waals surface area (Å²) < 4.78 is 74.0. The number of benzene rings is 1. The van der Waals surface area contributed by atoms with Gasteiger partial charge >= 0.3 is 5.97 Å². The Morgan fingerprint density at radius 1 is 0.791 bits per heavy atom. The molecular formula is C83H122N12O20. The topological polar surface area (TPSA) is 412 Å². The SMILES string of the molecule is CO[C@H]1C[C@@H]2CC[C@@H](C)[C@@](O)(O2)C(=O)C(=O)N2CCCC[C@H]2C(=O)O[C@H]([C@H](C)C[C@@H]2CC[C@@H](OCCOCc3cn(CCOCCOCCOCCOCCC(=O)NCCCCn4nc(-c5ccc6oc(N)nc6c5)c5c(N)ncnc54)nn3)[C@H](OC)C2)CC(=O)[C@H](C)/C=C(\C)[C@@H](O)[C@@H](OC)C(=O)[C@H](C)C[C@H](C)/C=C/C=CC=C1C. The maximum Gasteiger partial charge on any atom is 0.329 e. The number of rotatable bonds is 33. The van der Waals surface area contributed by atoms with E-state index in [1.165, 1.54) is 18.3 Å². The normalized spacial score (nSPS) is 27.3. The summed E-state index contributed by atoms with van der Waals surface area (Å²) in [5.74, 6) is -8.09. The number of cyclic esters (lactones) is 1. The van der Waals surface area contributed by atoms with Crippen LogP contribution < -0.4 is 16.8 Å². The van der Waals surface area contributed by atoms with Crippen molar-refractivity contribution in [1.29, 1.82) is 0 Å². The van der Waals surface area contributed by atoms with E-state index in [9.17, 15) is 39.0 Å². The number of ketones is 3. The number of nitrogens with one attached hydrogen (secondary N) is 1. The van der Waals surface area contributed by atoms with Crippen molar-refractivity contribution in [2.75, 3.05) is 112 Å². The van der Waals surface area contributed by atoms with Gasteiger partial charge in [-0.3, -0.25) is 24.0 Å². The third-order valence-corrected chi connectivity index (χ3v) is 22.3. The molecule has 3 fully saturated rings. The molecule has 4 aliphatic rings. The molecule has 634 valence electrons. The number of hydrogen-bond acceptors (Lipinski definition) is 28. The Morgan fingerprint density at radius 3 is 2.29 bits per heavy atom. The molecule has 3 aliphatic heterocycles. The molecule has 32 heteroatoms. The molecule has 2 saturated heterocycles. The maximum absolute atomic E-state index is 14.8. The minimum absolute atomic E-state index is 0.00872. The zero-order valence-electron chi connectivity index (χ0n) is 68.6. The molecule has 7 heterocycles. The number of carbonyl (C=O) groups is 6. The number of oxazole rings is 1. The number of nitrogens with zero attached hydrogens (tertiary/aromatic N) is 9. The van der Waals surface area contributed by atoms with Crippen molar-refractivity contribution < 1.29 is 95.5 Å². The van der Waals surface area contributed by atoms with E-state index in [1.54, 1.807) is 62.7 Å². The van der Waals surface area contributed by atoms with Gasteiger partial charge in [-0.25, -0.2) is 24.1 Å². The first-order chi connectivity index (χ1) is 55.4. The van der Waals surface area contributed by atoms with Crippen molar-refractivity contribution in [2.24, 2.45) is 35.5 Å². The number of esters is 1. The number of nitrogens with two attached hydrogens (primary N) is 2. The van der Waals surface area contributed by atoms with Gasteiger partial charge in [-0.15, -0.1) is 5.10 Å². The molecule has 4 aromatic heterocycles. The Kier molecular flexibility index (Phi) is 36.0. The number of aliphatic hydroxyl groups is 2. The van der Waals surface area contributed by atoms with Gasteiger partial charge in [-0.1, -0.05) is 76.3 Å². The zero-order chi connectivity index (χ0) is 82.6. The fraction of sp³-hybridized carbons (Fsp3) is 0.663. The number of aryl methyl sites for hydroxylation is 1. The molecule has 2 amide bonds. The fourth-order valence-electron chi connectivity index (χ4n) is 15.5. The van der Waals surface area contributed by atoms with E-state index in [4.69, 9.17) is 73.1 Å². The quantitative estimate of drug-likeness (QED) is 0.0114. The number of carbonyl (C=O) groups excluding carboxylic acids is 6. The predicted molar refractivity (Wildman–Crippen MR) is 426 cm³/mol. The number of unbranched alkanes of at least 4 members (excludes halogenated alkanes) is 1. The summed E-state index contributed by atoms with van der Waals surface area (Å²) in [7, 11) is 4.60.